The highest BCUT2D eigenvalue weighted by Crippen LogP contribution is 2.66. The predicted octanol–water partition coefficient (Wildman–Crippen LogP) is 3.77. The summed E-state index contributed by atoms with van der Waals surface area (Å²) in [7, 11) is 0. The van der Waals surface area contributed by atoms with Crippen LogP contribution in [0.4, 0.5) is 0 Å². The van der Waals surface area contributed by atoms with Crippen LogP contribution in [0.5, 0.6) is 0 Å². The first kappa shape index (κ1) is 16.8. The summed E-state index contributed by atoms with van der Waals surface area (Å²) < 4.78 is 0. The van der Waals surface area contributed by atoms with Crippen molar-refractivity contribution in [3.05, 3.63) is 0 Å². The third kappa shape index (κ3) is 2.12. The van der Waals surface area contributed by atoms with Crippen molar-refractivity contribution in [1.29, 1.82) is 0 Å². The summed E-state index contributed by atoms with van der Waals surface area (Å²) >= 11 is 0. The molecular formula is C21H32O3. The fourth-order valence-corrected chi connectivity index (χ4v) is 7.72. The molecule has 0 spiro atoms. The van der Waals surface area contributed by atoms with Gasteiger partial charge in [-0.05, 0) is 80.5 Å². The Balaban J connectivity index is 1.68. The van der Waals surface area contributed by atoms with Gasteiger partial charge in [0.1, 0.15) is 11.6 Å². The van der Waals surface area contributed by atoms with Crippen molar-refractivity contribution in [2.75, 3.05) is 0 Å². The lowest BCUT2D eigenvalue weighted by Crippen LogP contribution is -2.58. The van der Waals surface area contributed by atoms with Crippen LogP contribution in [-0.4, -0.2) is 22.8 Å². The molecule has 0 amide bonds. The average molecular weight is 332 g/mol. The van der Waals surface area contributed by atoms with E-state index in [0.717, 1.165) is 44.9 Å². The van der Waals surface area contributed by atoms with E-state index in [-0.39, 0.29) is 34.6 Å². The molecule has 0 bridgehead atoms. The van der Waals surface area contributed by atoms with Crippen LogP contribution in [0.25, 0.3) is 0 Å². The summed E-state index contributed by atoms with van der Waals surface area (Å²) in [5, 5.41) is 10.1. The topological polar surface area (TPSA) is 54.4 Å². The van der Waals surface area contributed by atoms with E-state index in [1.807, 2.05) is 0 Å². The third-order valence-corrected chi connectivity index (χ3v) is 8.81. The van der Waals surface area contributed by atoms with E-state index in [2.05, 4.69) is 13.8 Å². The van der Waals surface area contributed by atoms with Crippen LogP contribution >= 0.6 is 0 Å². The van der Waals surface area contributed by atoms with E-state index in [1.165, 1.54) is 0 Å². The number of carbonyl (C=O) groups is 2. The molecule has 3 nitrogen and oxygen atoms in total. The standard InChI is InChI=1S/C21H32O3/c1-12(22)16-6-7-17-15-5-4-13-10-14(23)8-9-20(13,2)19(15)18(24)11-21(16,17)3/h13-17,19,23H,4-11H2,1-3H3/t13-,14-,15-,16+,17-,19+,20+,21-/m1/s1. The molecule has 8 atom stereocenters. The first-order valence-electron chi connectivity index (χ1n) is 9.98. The van der Waals surface area contributed by atoms with Crippen molar-refractivity contribution in [1.82, 2.24) is 0 Å². The maximum Gasteiger partial charge on any atom is 0.137 e. The maximum absolute atomic E-state index is 13.3. The Bertz CT molecular complexity index is 569. The van der Waals surface area contributed by atoms with Gasteiger partial charge in [-0.1, -0.05) is 13.8 Å². The Hall–Kier alpha value is -0.700. The van der Waals surface area contributed by atoms with Gasteiger partial charge in [0.15, 0.2) is 0 Å². The number of aliphatic hydroxyl groups is 1. The van der Waals surface area contributed by atoms with Crippen LogP contribution in [0, 0.1) is 40.4 Å². The Labute approximate surface area is 145 Å². The zero-order chi connectivity index (χ0) is 17.3. The molecule has 4 aliphatic rings. The highest BCUT2D eigenvalue weighted by Gasteiger charge is 2.63. The van der Waals surface area contributed by atoms with Gasteiger partial charge in [-0.15, -0.1) is 0 Å². The summed E-state index contributed by atoms with van der Waals surface area (Å²) in [5.41, 5.74) is -0.0175. The Kier molecular flexibility index (Phi) is 3.77. The molecular weight excluding hydrogens is 300 g/mol. The van der Waals surface area contributed by atoms with Gasteiger partial charge < -0.3 is 5.11 Å². The van der Waals surface area contributed by atoms with Gasteiger partial charge in [-0.3, -0.25) is 9.59 Å². The summed E-state index contributed by atoms with van der Waals surface area (Å²) in [4.78, 5) is 25.5. The van der Waals surface area contributed by atoms with Gasteiger partial charge in [0, 0.05) is 18.3 Å². The van der Waals surface area contributed by atoms with Crippen LogP contribution in [0.15, 0.2) is 0 Å². The molecule has 0 heterocycles. The van der Waals surface area contributed by atoms with Gasteiger partial charge in [0.2, 0.25) is 0 Å². The lowest BCUT2D eigenvalue weighted by Gasteiger charge is -2.59. The summed E-state index contributed by atoms with van der Waals surface area (Å²) in [6, 6.07) is 0. The van der Waals surface area contributed by atoms with Crippen molar-refractivity contribution in [3.8, 4) is 0 Å². The van der Waals surface area contributed by atoms with Crippen molar-refractivity contribution >= 4 is 11.6 Å². The van der Waals surface area contributed by atoms with E-state index in [1.54, 1.807) is 6.92 Å². The molecule has 24 heavy (non-hydrogen) atoms. The Morgan fingerprint density at radius 3 is 2.54 bits per heavy atom. The molecule has 0 aromatic heterocycles. The third-order valence-electron chi connectivity index (χ3n) is 8.81. The van der Waals surface area contributed by atoms with Crippen LogP contribution in [0.1, 0.15) is 72.1 Å². The molecule has 4 rings (SSSR count). The largest absolute Gasteiger partial charge is 0.393 e. The first-order chi connectivity index (χ1) is 11.3. The molecule has 0 aromatic carbocycles. The lowest BCUT2D eigenvalue weighted by atomic mass is 9.44. The molecule has 4 saturated carbocycles. The van der Waals surface area contributed by atoms with Crippen molar-refractivity contribution in [2.24, 2.45) is 40.4 Å². The fraction of sp³-hybridized carbons (Fsp3) is 0.905. The minimum absolute atomic E-state index is 0.0782. The second kappa shape index (κ2) is 5.40. The minimum Gasteiger partial charge on any atom is -0.393 e. The molecule has 0 aliphatic heterocycles. The van der Waals surface area contributed by atoms with E-state index in [4.69, 9.17) is 0 Å². The quantitative estimate of drug-likeness (QED) is 0.795. The van der Waals surface area contributed by atoms with Crippen molar-refractivity contribution < 1.29 is 14.7 Å². The first-order valence-corrected chi connectivity index (χ1v) is 9.98. The van der Waals surface area contributed by atoms with Crippen molar-refractivity contribution in [2.45, 2.75) is 78.2 Å². The normalized spacial score (nSPS) is 53.9. The Morgan fingerprint density at radius 1 is 1.08 bits per heavy atom. The van der Waals surface area contributed by atoms with Crippen LogP contribution in [0.2, 0.25) is 0 Å². The highest BCUT2D eigenvalue weighted by atomic mass is 16.3. The number of hydrogen-bond donors (Lipinski definition) is 1. The maximum atomic E-state index is 13.3. The second-order valence-electron chi connectivity index (χ2n) is 9.85. The molecule has 0 aromatic rings. The van der Waals surface area contributed by atoms with E-state index >= 15 is 0 Å². The summed E-state index contributed by atoms with van der Waals surface area (Å²) in [5.74, 6) is 2.48. The molecule has 1 N–H and O–H groups in total. The monoisotopic (exact) mass is 332 g/mol. The number of aliphatic hydroxyl groups excluding tert-OH is 1. The predicted molar refractivity (Wildman–Crippen MR) is 92.3 cm³/mol. The van der Waals surface area contributed by atoms with Gasteiger partial charge >= 0.3 is 0 Å². The van der Waals surface area contributed by atoms with Gasteiger partial charge in [-0.25, -0.2) is 0 Å². The second-order valence-corrected chi connectivity index (χ2v) is 9.85. The van der Waals surface area contributed by atoms with Gasteiger partial charge in [0.05, 0.1) is 6.10 Å². The zero-order valence-corrected chi connectivity index (χ0v) is 15.4. The molecule has 134 valence electrons. The molecule has 0 unspecified atom stereocenters. The molecule has 0 radical (unpaired) electrons. The smallest absolute Gasteiger partial charge is 0.137 e. The van der Waals surface area contributed by atoms with Crippen LogP contribution < -0.4 is 0 Å². The van der Waals surface area contributed by atoms with Crippen LogP contribution in [0.3, 0.4) is 0 Å². The lowest BCUT2D eigenvalue weighted by molar-refractivity contribution is -0.162. The zero-order valence-electron chi connectivity index (χ0n) is 15.4. The average Bonchev–Trinajstić information content (AvgIpc) is 2.84. The summed E-state index contributed by atoms with van der Waals surface area (Å²) in [6.07, 6.45) is 7.53. The SMILES string of the molecule is CC(=O)[C@@H]1CC[C@@H]2[C@H]3CC[C@@H]4C[C@H](O)CC[C@]4(C)[C@@H]3C(=O)C[C@@]21C. The number of fused-ring (bicyclic) bond motifs is 5. The molecule has 4 fully saturated rings. The van der Waals surface area contributed by atoms with Crippen LogP contribution in [-0.2, 0) is 9.59 Å². The molecule has 3 heteroatoms. The van der Waals surface area contributed by atoms with Gasteiger partial charge in [0.25, 0.3) is 0 Å². The van der Waals surface area contributed by atoms with Crippen molar-refractivity contribution in [3.63, 3.8) is 0 Å². The molecule has 0 saturated heterocycles. The number of ketones is 2. The fourth-order valence-electron chi connectivity index (χ4n) is 7.72. The van der Waals surface area contributed by atoms with Gasteiger partial charge in [-0.2, -0.15) is 0 Å². The number of carbonyl (C=O) groups excluding carboxylic acids is 2. The van der Waals surface area contributed by atoms with E-state index < -0.39 is 0 Å². The van der Waals surface area contributed by atoms with E-state index in [9.17, 15) is 14.7 Å². The summed E-state index contributed by atoms with van der Waals surface area (Å²) in [6.45, 7) is 6.28. The highest BCUT2D eigenvalue weighted by molar-refractivity contribution is 5.87. The number of Topliss-reactive ketones (excluding diaryl/α,β-unsaturated/α-hetero) is 2. The number of rotatable bonds is 1. The minimum atomic E-state index is -0.169. The van der Waals surface area contributed by atoms with E-state index in [0.29, 0.717) is 30.0 Å². The molecule has 4 aliphatic carbocycles. The Morgan fingerprint density at radius 2 is 1.83 bits per heavy atom. The number of hydrogen-bond acceptors (Lipinski definition) is 3.